The lowest BCUT2D eigenvalue weighted by atomic mass is 10.3. The molecule has 0 bridgehead atoms. The molecule has 1 saturated heterocycles. The van der Waals surface area contributed by atoms with Crippen molar-refractivity contribution in [3.8, 4) is 0 Å². The van der Waals surface area contributed by atoms with Crippen molar-refractivity contribution in [1.29, 1.82) is 0 Å². The molecule has 110 valence electrons. The third kappa shape index (κ3) is 3.53. The number of nitrogens with one attached hydrogen (secondary N) is 1. The van der Waals surface area contributed by atoms with Crippen LogP contribution in [-0.4, -0.2) is 60.2 Å². The zero-order valence-electron chi connectivity index (χ0n) is 11.8. The normalized spacial score (nSPS) is 16.0. The van der Waals surface area contributed by atoms with Crippen LogP contribution in [0, 0.1) is 0 Å². The highest BCUT2D eigenvalue weighted by Crippen LogP contribution is 2.08. The molecule has 2 heterocycles. The van der Waals surface area contributed by atoms with Crippen molar-refractivity contribution < 1.29 is 9.53 Å². The van der Waals surface area contributed by atoms with Crippen LogP contribution in [0.25, 0.3) is 11.0 Å². The van der Waals surface area contributed by atoms with Crippen LogP contribution < -0.4 is 5.32 Å². The molecule has 1 aliphatic rings. The van der Waals surface area contributed by atoms with Gasteiger partial charge < -0.3 is 10.1 Å². The SMILES string of the molecule is O=C(NCCN1CCOCC1)c1cnc2ccccc2n1. The minimum atomic E-state index is -0.179. The van der Waals surface area contributed by atoms with Gasteiger partial charge in [0.15, 0.2) is 0 Å². The van der Waals surface area contributed by atoms with Gasteiger partial charge in [-0.3, -0.25) is 14.7 Å². The van der Waals surface area contributed by atoms with Crippen LogP contribution in [0.2, 0.25) is 0 Å². The number of hydrogen-bond acceptors (Lipinski definition) is 5. The number of aromatic nitrogens is 2. The van der Waals surface area contributed by atoms with Gasteiger partial charge in [-0.05, 0) is 12.1 Å². The van der Waals surface area contributed by atoms with E-state index in [1.165, 1.54) is 6.20 Å². The summed E-state index contributed by atoms with van der Waals surface area (Å²) in [7, 11) is 0. The first-order chi connectivity index (χ1) is 10.3. The third-order valence-electron chi connectivity index (χ3n) is 3.50. The maximum atomic E-state index is 12.1. The van der Waals surface area contributed by atoms with Gasteiger partial charge in [0.2, 0.25) is 0 Å². The van der Waals surface area contributed by atoms with E-state index in [2.05, 4.69) is 20.2 Å². The van der Waals surface area contributed by atoms with E-state index in [1.807, 2.05) is 24.3 Å². The van der Waals surface area contributed by atoms with Gasteiger partial charge in [-0.1, -0.05) is 12.1 Å². The lowest BCUT2D eigenvalue weighted by Gasteiger charge is -2.26. The fourth-order valence-electron chi connectivity index (χ4n) is 2.31. The molecule has 1 aromatic heterocycles. The molecule has 1 amide bonds. The van der Waals surface area contributed by atoms with Crippen molar-refractivity contribution in [2.75, 3.05) is 39.4 Å². The maximum Gasteiger partial charge on any atom is 0.271 e. The molecule has 0 atom stereocenters. The Bertz CT molecular complexity index is 626. The number of benzene rings is 1. The van der Waals surface area contributed by atoms with Crippen molar-refractivity contribution in [2.24, 2.45) is 0 Å². The molecule has 6 heteroatoms. The molecule has 6 nitrogen and oxygen atoms in total. The molecule has 21 heavy (non-hydrogen) atoms. The summed E-state index contributed by atoms with van der Waals surface area (Å²) in [4.78, 5) is 22.9. The Morgan fingerprint density at radius 2 is 2.00 bits per heavy atom. The summed E-state index contributed by atoms with van der Waals surface area (Å²) in [5, 5.41) is 2.89. The monoisotopic (exact) mass is 286 g/mol. The van der Waals surface area contributed by atoms with Crippen molar-refractivity contribution >= 4 is 16.9 Å². The van der Waals surface area contributed by atoms with Crippen LogP contribution in [-0.2, 0) is 4.74 Å². The average Bonchev–Trinajstić information content (AvgIpc) is 2.55. The highest BCUT2D eigenvalue weighted by atomic mass is 16.5. The highest BCUT2D eigenvalue weighted by molar-refractivity contribution is 5.93. The van der Waals surface area contributed by atoms with E-state index >= 15 is 0 Å². The molecule has 0 aliphatic carbocycles. The Morgan fingerprint density at radius 3 is 2.81 bits per heavy atom. The van der Waals surface area contributed by atoms with Gasteiger partial charge in [0.25, 0.3) is 5.91 Å². The Kier molecular flexibility index (Phi) is 4.37. The first-order valence-electron chi connectivity index (χ1n) is 7.13. The molecule has 1 aliphatic heterocycles. The molecule has 0 spiro atoms. The predicted molar refractivity (Wildman–Crippen MR) is 79.1 cm³/mol. The molecule has 1 N–H and O–H groups in total. The number of rotatable bonds is 4. The predicted octanol–water partition coefficient (Wildman–Crippen LogP) is 0.692. The number of amides is 1. The molecule has 0 unspecified atom stereocenters. The molecule has 0 radical (unpaired) electrons. The van der Waals surface area contributed by atoms with Gasteiger partial charge in [-0.25, -0.2) is 4.98 Å². The Morgan fingerprint density at radius 1 is 1.24 bits per heavy atom. The van der Waals surface area contributed by atoms with Crippen LogP contribution in [0.4, 0.5) is 0 Å². The van der Waals surface area contributed by atoms with Gasteiger partial charge >= 0.3 is 0 Å². The van der Waals surface area contributed by atoms with Crippen LogP contribution in [0.1, 0.15) is 10.5 Å². The van der Waals surface area contributed by atoms with Crippen molar-refractivity contribution in [3.05, 3.63) is 36.2 Å². The van der Waals surface area contributed by atoms with E-state index in [9.17, 15) is 4.79 Å². The number of fused-ring (bicyclic) bond motifs is 1. The zero-order valence-corrected chi connectivity index (χ0v) is 11.8. The first-order valence-corrected chi connectivity index (χ1v) is 7.13. The minimum Gasteiger partial charge on any atom is -0.379 e. The maximum absolute atomic E-state index is 12.1. The average molecular weight is 286 g/mol. The molecular weight excluding hydrogens is 268 g/mol. The fourth-order valence-corrected chi connectivity index (χ4v) is 2.31. The standard InChI is InChI=1S/C15H18N4O2/c20-15(16-5-6-19-7-9-21-10-8-19)14-11-17-12-3-1-2-4-13(12)18-14/h1-4,11H,5-10H2,(H,16,20). The lowest BCUT2D eigenvalue weighted by Crippen LogP contribution is -2.41. The van der Waals surface area contributed by atoms with Crippen molar-refractivity contribution in [3.63, 3.8) is 0 Å². The van der Waals surface area contributed by atoms with Crippen LogP contribution >= 0.6 is 0 Å². The smallest absolute Gasteiger partial charge is 0.271 e. The zero-order chi connectivity index (χ0) is 14.5. The molecule has 0 saturated carbocycles. The number of nitrogens with zero attached hydrogens (tertiary/aromatic N) is 3. The summed E-state index contributed by atoms with van der Waals surface area (Å²) >= 11 is 0. The number of morpholine rings is 1. The molecule has 3 rings (SSSR count). The van der Waals surface area contributed by atoms with E-state index in [0.29, 0.717) is 12.2 Å². The Labute approximate surface area is 123 Å². The summed E-state index contributed by atoms with van der Waals surface area (Å²) in [6.07, 6.45) is 1.52. The number of para-hydroxylation sites is 2. The summed E-state index contributed by atoms with van der Waals surface area (Å²) < 4.78 is 5.29. The van der Waals surface area contributed by atoms with E-state index in [1.54, 1.807) is 0 Å². The highest BCUT2D eigenvalue weighted by Gasteiger charge is 2.12. The van der Waals surface area contributed by atoms with Gasteiger partial charge in [-0.15, -0.1) is 0 Å². The van der Waals surface area contributed by atoms with Crippen LogP contribution in [0.5, 0.6) is 0 Å². The number of carbonyl (C=O) groups excluding carboxylic acids is 1. The van der Waals surface area contributed by atoms with E-state index in [-0.39, 0.29) is 5.91 Å². The lowest BCUT2D eigenvalue weighted by molar-refractivity contribution is 0.0383. The second-order valence-electron chi connectivity index (χ2n) is 4.95. The van der Waals surface area contributed by atoms with Gasteiger partial charge in [0.1, 0.15) is 5.69 Å². The minimum absolute atomic E-state index is 0.179. The van der Waals surface area contributed by atoms with E-state index in [0.717, 1.165) is 43.9 Å². The second kappa shape index (κ2) is 6.60. The summed E-state index contributed by atoms with van der Waals surface area (Å²) in [6, 6.07) is 7.52. The Balaban J connectivity index is 1.56. The first kappa shape index (κ1) is 13.9. The fraction of sp³-hybridized carbons (Fsp3) is 0.400. The van der Waals surface area contributed by atoms with Gasteiger partial charge in [0.05, 0.1) is 30.4 Å². The van der Waals surface area contributed by atoms with Crippen molar-refractivity contribution in [1.82, 2.24) is 20.2 Å². The summed E-state index contributed by atoms with van der Waals surface area (Å²) in [5.41, 5.74) is 1.89. The van der Waals surface area contributed by atoms with Crippen molar-refractivity contribution in [2.45, 2.75) is 0 Å². The molecule has 2 aromatic rings. The number of ether oxygens (including phenoxy) is 1. The van der Waals surface area contributed by atoms with Gasteiger partial charge in [0, 0.05) is 26.2 Å². The van der Waals surface area contributed by atoms with Crippen LogP contribution in [0.15, 0.2) is 30.5 Å². The summed E-state index contributed by atoms with van der Waals surface area (Å²) in [5.74, 6) is -0.179. The molecular formula is C15H18N4O2. The topological polar surface area (TPSA) is 67.4 Å². The molecule has 1 fully saturated rings. The van der Waals surface area contributed by atoms with E-state index in [4.69, 9.17) is 4.74 Å². The largest absolute Gasteiger partial charge is 0.379 e. The van der Waals surface area contributed by atoms with Crippen LogP contribution in [0.3, 0.4) is 0 Å². The third-order valence-corrected chi connectivity index (χ3v) is 3.50. The number of carbonyl (C=O) groups is 1. The second-order valence-corrected chi connectivity index (χ2v) is 4.95. The molecule has 1 aromatic carbocycles. The number of hydrogen-bond donors (Lipinski definition) is 1. The van der Waals surface area contributed by atoms with Gasteiger partial charge in [-0.2, -0.15) is 0 Å². The quantitative estimate of drug-likeness (QED) is 0.896. The summed E-state index contributed by atoms with van der Waals surface area (Å²) in [6.45, 7) is 4.81. The Hall–Kier alpha value is -2.05. The van der Waals surface area contributed by atoms with E-state index < -0.39 is 0 Å².